The first kappa shape index (κ1) is 15.5. The van der Waals surface area contributed by atoms with E-state index in [1.807, 2.05) is 0 Å². The van der Waals surface area contributed by atoms with Crippen molar-refractivity contribution in [3.05, 3.63) is 34.9 Å². The van der Waals surface area contributed by atoms with Crippen LogP contribution >= 0.6 is 11.6 Å². The van der Waals surface area contributed by atoms with E-state index in [0.29, 0.717) is 0 Å². The van der Waals surface area contributed by atoms with Crippen LogP contribution < -0.4 is 0 Å². The lowest BCUT2D eigenvalue weighted by atomic mass is 10.1. The number of allylic oxidation sites excluding steroid dienone is 6. The van der Waals surface area contributed by atoms with E-state index < -0.39 is 0 Å². The molecule has 0 N–H and O–H groups in total. The molecule has 16 heavy (non-hydrogen) atoms. The second-order valence-corrected chi connectivity index (χ2v) is 4.97. The van der Waals surface area contributed by atoms with Gasteiger partial charge in [0, 0.05) is 5.88 Å². The van der Waals surface area contributed by atoms with Crippen molar-refractivity contribution in [1.29, 1.82) is 0 Å². The van der Waals surface area contributed by atoms with Crippen molar-refractivity contribution in [2.24, 2.45) is 0 Å². The lowest BCUT2D eigenvalue weighted by Gasteiger charge is -1.99. The van der Waals surface area contributed by atoms with E-state index in [0.717, 1.165) is 25.1 Å². The van der Waals surface area contributed by atoms with Gasteiger partial charge < -0.3 is 0 Å². The number of hydrogen-bond donors (Lipinski definition) is 0. The average Bonchev–Trinajstić information content (AvgIpc) is 2.17. The lowest BCUT2D eigenvalue weighted by Crippen LogP contribution is -1.80. The molecule has 0 aromatic rings. The Morgan fingerprint density at radius 3 is 1.94 bits per heavy atom. The monoisotopic (exact) mass is 240 g/mol. The fourth-order valence-corrected chi connectivity index (χ4v) is 1.70. The van der Waals surface area contributed by atoms with Crippen LogP contribution in [0.1, 0.15) is 53.4 Å². The van der Waals surface area contributed by atoms with Gasteiger partial charge in [-0.2, -0.15) is 0 Å². The maximum Gasteiger partial charge on any atom is 0.0260 e. The minimum atomic E-state index is 0.728. The van der Waals surface area contributed by atoms with Gasteiger partial charge in [0.2, 0.25) is 0 Å². The van der Waals surface area contributed by atoms with Gasteiger partial charge in [-0.1, -0.05) is 34.9 Å². The van der Waals surface area contributed by atoms with Crippen molar-refractivity contribution in [3.8, 4) is 0 Å². The van der Waals surface area contributed by atoms with Gasteiger partial charge in [-0.25, -0.2) is 0 Å². The molecule has 0 fully saturated rings. The van der Waals surface area contributed by atoms with Gasteiger partial charge in [-0.3, -0.25) is 0 Å². The third kappa shape index (κ3) is 10.0. The van der Waals surface area contributed by atoms with Crippen molar-refractivity contribution in [2.75, 3.05) is 5.88 Å². The van der Waals surface area contributed by atoms with Crippen molar-refractivity contribution in [1.82, 2.24) is 0 Å². The Morgan fingerprint density at radius 1 is 0.875 bits per heavy atom. The molecule has 92 valence electrons. The summed E-state index contributed by atoms with van der Waals surface area (Å²) in [6.07, 6.45) is 11.3. The van der Waals surface area contributed by atoms with Crippen LogP contribution in [0.15, 0.2) is 34.9 Å². The zero-order chi connectivity index (χ0) is 12.4. The van der Waals surface area contributed by atoms with Gasteiger partial charge in [0.1, 0.15) is 0 Å². The third-order valence-electron chi connectivity index (χ3n) is 2.51. The summed E-state index contributed by atoms with van der Waals surface area (Å²) >= 11 is 5.67. The largest absolute Gasteiger partial charge is 0.126 e. The van der Waals surface area contributed by atoms with Gasteiger partial charge >= 0.3 is 0 Å². The number of halogens is 1. The minimum absolute atomic E-state index is 0.728. The molecule has 0 aliphatic heterocycles. The molecular formula is C15H25Cl. The standard InChI is InChI=1S/C15H25Cl/c1-13(2)7-5-8-14(3)9-6-10-15(4)11-12-16/h7,9-10H,5-6,8,11-12H2,1-4H3/b14-9+,15-10+. The van der Waals surface area contributed by atoms with Gasteiger partial charge in [-0.05, 0) is 53.4 Å². The summed E-state index contributed by atoms with van der Waals surface area (Å²) in [6, 6.07) is 0. The molecule has 0 saturated heterocycles. The molecule has 0 aliphatic carbocycles. The smallest absolute Gasteiger partial charge is 0.0260 e. The number of alkyl halides is 1. The van der Waals surface area contributed by atoms with E-state index in [-0.39, 0.29) is 0 Å². The molecule has 0 atom stereocenters. The first-order valence-corrected chi connectivity index (χ1v) is 6.60. The van der Waals surface area contributed by atoms with Crippen LogP contribution in [0, 0.1) is 0 Å². The molecule has 0 aliphatic rings. The normalized spacial score (nSPS) is 12.8. The van der Waals surface area contributed by atoms with Crippen LogP contribution in [0.25, 0.3) is 0 Å². The summed E-state index contributed by atoms with van der Waals surface area (Å²) in [5.41, 5.74) is 4.28. The van der Waals surface area contributed by atoms with Gasteiger partial charge in [0.25, 0.3) is 0 Å². The Labute approximate surface area is 106 Å². The van der Waals surface area contributed by atoms with E-state index >= 15 is 0 Å². The fraction of sp³-hybridized carbons (Fsp3) is 0.600. The highest BCUT2D eigenvalue weighted by molar-refractivity contribution is 6.17. The maximum atomic E-state index is 5.67. The molecule has 1 heteroatoms. The van der Waals surface area contributed by atoms with E-state index in [9.17, 15) is 0 Å². The van der Waals surface area contributed by atoms with Crippen LogP contribution in [0.3, 0.4) is 0 Å². The summed E-state index contributed by atoms with van der Waals surface area (Å²) in [7, 11) is 0. The molecule has 0 radical (unpaired) electrons. The van der Waals surface area contributed by atoms with Gasteiger partial charge in [-0.15, -0.1) is 11.6 Å². The van der Waals surface area contributed by atoms with Crippen LogP contribution in [0.2, 0.25) is 0 Å². The number of rotatable bonds is 7. The van der Waals surface area contributed by atoms with Crippen LogP contribution in [0.4, 0.5) is 0 Å². The summed E-state index contributed by atoms with van der Waals surface area (Å²) in [5, 5.41) is 0. The Kier molecular flexibility index (Phi) is 9.42. The summed E-state index contributed by atoms with van der Waals surface area (Å²) in [5.74, 6) is 0.728. The van der Waals surface area contributed by atoms with Crippen molar-refractivity contribution >= 4 is 11.6 Å². The molecule has 0 rings (SSSR count). The lowest BCUT2D eigenvalue weighted by molar-refractivity contribution is 0.956. The highest BCUT2D eigenvalue weighted by Crippen LogP contribution is 2.09. The van der Waals surface area contributed by atoms with Crippen LogP contribution in [-0.4, -0.2) is 5.88 Å². The molecule has 0 spiro atoms. The van der Waals surface area contributed by atoms with Crippen molar-refractivity contribution < 1.29 is 0 Å². The quantitative estimate of drug-likeness (QED) is 0.399. The van der Waals surface area contributed by atoms with Crippen molar-refractivity contribution in [2.45, 2.75) is 53.4 Å². The summed E-state index contributed by atoms with van der Waals surface area (Å²) in [6.45, 7) is 8.66. The first-order chi connectivity index (χ1) is 7.56. The minimum Gasteiger partial charge on any atom is -0.126 e. The first-order valence-electron chi connectivity index (χ1n) is 6.07. The van der Waals surface area contributed by atoms with Crippen molar-refractivity contribution in [3.63, 3.8) is 0 Å². The number of hydrogen-bond acceptors (Lipinski definition) is 0. The highest BCUT2D eigenvalue weighted by Gasteiger charge is 1.89. The highest BCUT2D eigenvalue weighted by atomic mass is 35.5. The summed E-state index contributed by atoms with van der Waals surface area (Å²) < 4.78 is 0. The van der Waals surface area contributed by atoms with E-state index in [1.165, 1.54) is 23.1 Å². The Bertz CT molecular complexity index is 265. The molecule has 0 heterocycles. The Hall–Kier alpha value is -0.490. The predicted molar refractivity (Wildman–Crippen MR) is 76.1 cm³/mol. The van der Waals surface area contributed by atoms with Gasteiger partial charge in [0.15, 0.2) is 0 Å². The van der Waals surface area contributed by atoms with E-state index in [1.54, 1.807) is 0 Å². The molecule has 0 amide bonds. The maximum absolute atomic E-state index is 5.67. The SMILES string of the molecule is CC(C)=CCC/C(C)=C/C/C=C(\C)CCCl. The Balaban J connectivity index is 3.87. The molecule has 0 saturated carbocycles. The van der Waals surface area contributed by atoms with E-state index in [2.05, 4.69) is 45.9 Å². The average molecular weight is 241 g/mol. The molecule has 0 aromatic heterocycles. The topological polar surface area (TPSA) is 0 Å². The molecule has 0 aromatic carbocycles. The zero-order valence-electron chi connectivity index (χ0n) is 11.1. The molecule has 0 unspecified atom stereocenters. The molecule has 0 bridgehead atoms. The van der Waals surface area contributed by atoms with Crippen LogP contribution in [0.5, 0.6) is 0 Å². The predicted octanol–water partition coefficient (Wildman–Crippen LogP) is 5.64. The van der Waals surface area contributed by atoms with E-state index in [4.69, 9.17) is 11.6 Å². The van der Waals surface area contributed by atoms with Gasteiger partial charge in [0.05, 0.1) is 0 Å². The second-order valence-electron chi connectivity index (χ2n) is 4.60. The Morgan fingerprint density at radius 2 is 1.44 bits per heavy atom. The molecule has 0 nitrogen and oxygen atoms in total. The third-order valence-corrected chi connectivity index (χ3v) is 2.70. The summed E-state index contributed by atoms with van der Waals surface area (Å²) in [4.78, 5) is 0. The fourth-order valence-electron chi connectivity index (χ4n) is 1.40. The van der Waals surface area contributed by atoms with Crippen LogP contribution in [-0.2, 0) is 0 Å². The zero-order valence-corrected chi connectivity index (χ0v) is 11.9. The second kappa shape index (κ2) is 9.72. The molecular weight excluding hydrogens is 216 g/mol.